The van der Waals surface area contributed by atoms with E-state index in [1.165, 1.54) is 13.3 Å². The minimum atomic E-state index is -0.279. The number of fused-ring (bicyclic) bond motifs is 1. The molecule has 4 rings (SSSR count). The van der Waals surface area contributed by atoms with Crippen molar-refractivity contribution in [3.05, 3.63) is 23.2 Å². The van der Waals surface area contributed by atoms with Crippen LogP contribution in [-0.4, -0.2) is 62.7 Å². The standard InChI is InChI=1S/C26H36ClN5O3/c1-3-34-25-11-22-20(10-23(25)31-16(2)33)26(18(12-28)14-30-22)32-19-6-7-24(21(27)9-19)35-15-17-5-4-8-29-13-17/h6-7,9,17-18,20,23,25-26,29,32H,3-5,8,10-11,13-15H2,1-2H3,(H,31,33). The number of nitrogens with one attached hydrogen (secondary N) is 3. The Bertz CT molecular complexity index is 959. The second-order valence-corrected chi connectivity index (χ2v) is 10.2. The van der Waals surface area contributed by atoms with Gasteiger partial charge in [-0.15, -0.1) is 0 Å². The lowest BCUT2D eigenvalue weighted by Crippen LogP contribution is -2.56. The average molecular weight is 502 g/mol. The molecule has 8 nitrogen and oxygen atoms in total. The van der Waals surface area contributed by atoms with Gasteiger partial charge in [-0.1, -0.05) is 11.6 Å². The third kappa shape index (κ3) is 6.46. The van der Waals surface area contributed by atoms with Gasteiger partial charge in [-0.25, -0.2) is 0 Å². The minimum Gasteiger partial charge on any atom is -0.492 e. The Morgan fingerprint density at radius 3 is 2.94 bits per heavy atom. The van der Waals surface area contributed by atoms with Gasteiger partial charge >= 0.3 is 0 Å². The lowest BCUT2D eigenvalue weighted by Gasteiger charge is -2.44. The monoisotopic (exact) mass is 501 g/mol. The molecule has 3 N–H and O–H groups in total. The topological polar surface area (TPSA) is 108 Å². The Hall–Kier alpha value is -2.34. The van der Waals surface area contributed by atoms with Crippen LogP contribution in [-0.2, 0) is 9.53 Å². The van der Waals surface area contributed by atoms with E-state index < -0.39 is 0 Å². The zero-order valence-electron chi connectivity index (χ0n) is 20.6. The second-order valence-electron chi connectivity index (χ2n) is 9.75. The lowest BCUT2D eigenvalue weighted by atomic mass is 9.72. The van der Waals surface area contributed by atoms with Gasteiger partial charge in [0.2, 0.25) is 5.91 Å². The highest BCUT2D eigenvalue weighted by Crippen LogP contribution is 2.36. The molecule has 0 bridgehead atoms. The van der Waals surface area contributed by atoms with Gasteiger partial charge in [0.05, 0.1) is 48.3 Å². The largest absolute Gasteiger partial charge is 0.492 e. The quantitative estimate of drug-likeness (QED) is 0.504. The van der Waals surface area contributed by atoms with Crippen LogP contribution in [0.25, 0.3) is 0 Å². The number of aliphatic imine (C=N–C) groups is 1. The van der Waals surface area contributed by atoms with E-state index in [0.717, 1.165) is 30.9 Å². The molecule has 0 spiro atoms. The number of carbonyl (C=O) groups is 1. The van der Waals surface area contributed by atoms with Crippen molar-refractivity contribution < 1.29 is 14.3 Å². The fraction of sp³-hybridized carbons (Fsp3) is 0.654. The van der Waals surface area contributed by atoms with Gasteiger partial charge in [0.15, 0.2) is 0 Å². The number of anilines is 1. The van der Waals surface area contributed by atoms with Crippen LogP contribution in [0.2, 0.25) is 5.02 Å². The summed E-state index contributed by atoms with van der Waals surface area (Å²) in [6, 6.07) is 7.89. The van der Waals surface area contributed by atoms with Crippen molar-refractivity contribution in [1.82, 2.24) is 10.6 Å². The minimum absolute atomic E-state index is 0.0236. The molecule has 1 amide bonds. The molecular weight excluding hydrogens is 466 g/mol. The summed E-state index contributed by atoms with van der Waals surface area (Å²) in [5.41, 5.74) is 1.90. The number of ether oxygens (including phenoxy) is 2. The van der Waals surface area contributed by atoms with Gasteiger partial charge < -0.3 is 25.4 Å². The number of halogens is 1. The molecule has 3 aliphatic rings. The molecule has 1 aromatic rings. The van der Waals surface area contributed by atoms with E-state index >= 15 is 0 Å². The SMILES string of the molecule is CCOC1CC2=NCC(C#N)C(Nc3ccc(OCC4CCCNC4)c(Cl)c3)C2CC1NC(C)=O. The molecule has 1 aromatic carbocycles. The van der Waals surface area contributed by atoms with Crippen molar-refractivity contribution in [2.45, 2.75) is 57.7 Å². The van der Waals surface area contributed by atoms with Crippen LogP contribution < -0.4 is 20.7 Å². The summed E-state index contributed by atoms with van der Waals surface area (Å²) in [5, 5.41) is 20.4. The van der Waals surface area contributed by atoms with Gasteiger partial charge in [0.1, 0.15) is 5.75 Å². The van der Waals surface area contributed by atoms with E-state index in [9.17, 15) is 10.1 Å². The lowest BCUT2D eigenvalue weighted by molar-refractivity contribution is -0.121. The predicted octanol–water partition coefficient (Wildman–Crippen LogP) is 3.41. The van der Waals surface area contributed by atoms with E-state index in [4.69, 9.17) is 26.1 Å². The Balaban J connectivity index is 1.46. The van der Waals surface area contributed by atoms with Crippen molar-refractivity contribution >= 4 is 28.9 Å². The van der Waals surface area contributed by atoms with Crippen molar-refractivity contribution in [2.75, 3.05) is 38.2 Å². The molecule has 0 radical (unpaired) electrons. The van der Waals surface area contributed by atoms with E-state index in [0.29, 0.717) is 49.3 Å². The van der Waals surface area contributed by atoms with Crippen molar-refractivity contribution in [2.24, 2.45) is 22.7 Å². The van der Waals surface area contributed by atoms with Crippen molar-refractivity contribution in [3.63, 3.8) is 0 Å². The van der Waals surface area contributed by atoms with Gasteiger partial charge in [-0.2, -0.15) is 5.26 Å². The maximum atomic E-state index is 11.8. The molecule has 2 heterocycles. The van der Waals surface area contributed by atoms with Crippen LogP contribution in [0.3, 0.4) is 0 Å². The summed E-state index contributed by atoms with van der Waals surface area (Å²) in [7, 11) is 0. The molecule has 1 aliphatic carbocycles. The summed E-state index contributed by atoms with van der Waals surface area (Å²) in [6.45, 7) is 7.21. The van der Waals surface area contributed by atoms with Crippen LogP contribution in [0.15, 0.2) is 23.2 Å². The zero-order valence-corrected chi connectivity index (χ0v) is 21.3. The molecule has 6 unspecified atom stereocenters. The van der Waals surface area contributed by atoms with E-state index in [1.54, 1.807) is 0 Å². The van der Waals surface area contributed by atoms with Crippen LogP contribution in [0.4, 0.5) is 5.69 Å². The molecule has 2 aliphatic heterocycles. The predicted molar refractivity (Wildman–Crippen MR) is 137 cm³/mol. The summed E-state index contributed by atoms with van der Waals surface area (Å²) in [5.74, 6) is 0.837. The first-order valence-corrected chi connectivity index (χ1v) is 13.1. The summed E-state index contributed by atoms with van der Waals surface area (Å²) in [4.78, 5) is 16.6. The molecule has 2 fully saturated rings. The molecule has 1 saturated heterocycles. The number of nitriles is 1. The van der Waals surface area contributed by atoms with Crippen molar-refractivity contribution in [3.8, 4) is 11.8 Å². The Labute approximate surface area is 212 Å². The maximum absolute atomic E-state index is 11.8. The fourth-order valence-corrected chi connectivity index (χ4v) is 5.74. The summed E-state index contributed by atoms with van der Waals surface area (Å²) in [6.07, 6.45) is 3.55. The third-order valence-electron chi connectivity index (χ3n) is 7.23. The van der Waals surface area contributed by atoms with Crippen LogP contribution in [0, 0.1) is 29.1 Å². The van der Waals surface area contributed by atoms with Crippen LogP contribution in [0.1, 0.15) is 39.5 Å². The number of nitrogens with zero attached hydrogens (tertiary/aromatic N) is 2. The number of benzene rings is 1. The molecule has 9 heteroatoms. The highest BCUT2D eigenvalue weighted by atomic mass is 35.5. The van der Waals surface area contributed by atoms with Crippen LogP contribution >= 0.6 is 11.6 Å². The first kappa shape index (κ1) is 25.7. The normalized spacial score (nSPS) is 30.4. The summed E-state index contributed by atoms with van der Waals surface area (Å²) < 4.78 is 11.9. The van der Waals surface area contributed by atoms with Crippen LogP contribution in [0.5, 0.6) is 5.75 Å². The average Bonchev–Trinajstić information content (AvgIpc) is 2.85. The maximum Gasteiger partial charge on any atom is 0.217 e. The second kappa shape index (κ2) is 12.1. The molecule has 0 aromatic heterocycles. The molecular formula is C26H36ClN5O3. The zero-order chi connectivity index (χ0) is 24.8. The smallest absolute Gasteiger partial charge is 0.217 e. The third-order valence-corrected chi connectivity index (χ3v) is 7.52. The highest BCUT2D eigenvalue weighted by Gasteiger charge is 2.44. The number of rotatable bonds is 8. The fourth-order valence-electron chi connectivity index (χ4n) is 5.50. The molecule has 190 valence electrons. The number of hydrogen-bond acceptors (Lipinski definition) is 7. The Kier molecular flexibility index (Phi) is 8.88. The first-order chi connectivity index (χ1) is 17.0. The summed E-state index contributed by atoms with van der Waals surface area (Å²) >= 11 is 6.57. The molecule has 6 atom stereocenters. The first-order valence-electron chi connectivity index (χ1n) is 12.7. The van der Waals surface area contributed by atoms with Gasteiger partial charge in [-0.05, 0) is 50.9 Å². The number of hydrogen-bond donors (Lipinski definition) is 3. The van der Waals surface area contributed by atoms with Gasteiger partial charge in [0.25, 0.3) is 0 Å². The van der Waals surface area contributed by atoms with E-state index in [1.807, 2.05) is 25.1 Å². The van der Waals surface area contributed by atoms with E-state index in [2.05, 4.69) is 22.0 Å². The van der Waals surface area contributed by atoms with Gasteiger partial charge in [-0.3, -0.25) is 9.79 Å². The van der Waals surface area contributed by atoms with Crippen molar-refractivity contribution in [1.29, 1.82) is 5.26 Å². The number of piperidine rings is 1. The molecule has 35 heavy (non-hydrogen) atoms. The van der Waals surface area contributed by atoms with E-state index in [-0.39, 0.29) is 35.9 Å². The Morgan fingerprint density at radius 2 is 2.26 bits per heavy atom. The highest BCUT2D eigenvalue weighted by molar-refractivity contribution is 6.32. The number of amides is 1. The van der Waals surface area contributed by atoms with Gasteiger partial charge in [0, 0.05) is 49.7 Å². The molecule has 1 saturated carbocycles. The number of carbonyl (C=O) groups excluding carboxylic acids is 1. The Morgan fingerprint density at radius 1 is 1.40 bits per heavy atom.